The van der Waals surface area contributed by atoms with Gasteiger partial charge in [0.2, 0.25) is 10.0 Å². The van der Waals surface area contributed by atoms with Crippen molar-refractivity contribution >= 4 is 29.8 Å². The van der Waals surface area contributed by atoms with Crippen molar-refractivity contribution in [1.82, 2.24) is 4.31 Å². The number of halogens is 1. The van der Waals surface area contributed by atoms with Gasteiger partial charge in [-0.15, -0.1) is 0 Å². The van der Waals surface area contributed by atoms with E-state index in [1.807, 2.05) is 0 Å². The van der Waals surface area contributed by atoms with Crippen LogP contribution in [0.15, 0.2) is 34.1 Å². The molecule has 1 rings (SSSR count). The Labute approximate surface area is 123 Å². The molecule has 0 N–H and O–H groups in total. The van der Waals surface area contributed by atoms with Crippen LogP contribution < -0.4 is 0 Å². The van der Waals surface area contributed by atoms with E-state index in [4.69, 9.17) is 15.4 Å². The van der Waals surface area contributed by atoms with Crippen molar-refractivity contribution in [3.05, 3.63) is 24.3 Å². The van der Waals surface area contributed by atoms with Gasteiger partial charge in [0.1, 0.15) is 9.79 Å². The van der Waals surface area contributed by atoms with Gasteiger partial charge >= 0.3 is 0 Å². The van der Waals surface area contributed by atoms with Crippen LogP contribution >= 0.6 is 10.7 Å². The highest BCUT2D eigenvalue weighted by molar-refractivity contribution is 8.14. The van der Waals surface area contributed by atoms with Crippen molar-refractivity contribution in [3.63, 3.8) is 0 Å². The smallest absolute Gasteiger partial charge is 0.262 e. The average molecular weight is 342 g/mol. The maximum Gasteiger partial charge on any atom is 0.262 e. The molecular weight excluding hydrogens is 326 g/mol. The number of benzene rings is 1. The molecule has 1 aromatic rings. The molecule has 114 valence electrons. The van der Waals surface area contributed by atoms with Gasteiger partial charge in [-0.25, -0.2) is 16.8 Å². The second-order valence-corrected chi connectivity index (χ2v) is 8.31. The van der Waals surface area contributed by atoms with E-state index in [9.17, 15) is 16.8 Å². The molecule has 0 aliphatic heterocycles. The Hall–Kier alpha value is -0.670. The lowest BCUT2D eigenvalue weighted by molar-refractivity contribution is 0.180. The van der Waals surface area contributed by atoms with E-state index in [0.29, 0.717) is 0 Å². The molecule has 6 nitrogen and oxygen atoms in total. The first-order chi connectivity index (χ1) is 9.25. The molecule has 20 heavy (non-hydrogen) atoms. The zero-order valence-electron chi connectivity index (χ0n) is 11.1. The van der Waals surface area contributed by atoms with Crippen LogP contribution in [0.5, 0.6) is 0 Å². The second-order valence-electron chi connectivity index (χ2n) is 3.87. The first-order valence-corrected chi connectivity index (χ1v) is 9.53. The van der Waals surface area contributed by atoms with E-state index in [0.717, 1.165) is 4.31 Å². The van der Waals surface area contributed by atoms with E-state index < -0.39 is 24.0 Å². The lowest BCUT2D eigenvalue weighted by Crippen LogP contribution is -2.34. The standard InChI is InChI=1S/C11H16ClNO5S2/c1-3-13(8-9-18-2)20(16,17)11-7-5-4-6-10(11)19(12,14)15/h4-7H,3,8-9H2,1-2H3. The van der Waals surface area contributed by atoms with Crippen molar-refractivity contribution < 1.29 is 21.6 Å². The van der Waals surface area contributed by atoms with Crippen LogP contribution in [-0.4, -0.2) is 47.9 Å². The summed E-state index contributed by atoms with van der Waals surface area (Å²) in [7, 11) is -1.35. The highest BCUT2D eigenvalue weighted by Gasteiger charge is 2.29. The van der Waals surface area contributed by atoms with Crippen molar-refractivity contribution in [2.24, 2.45) is 0 Å². The number of ether oxygens (including phenoxy) is 1. The summed E-state index contributed by atoms with van der Waals surface area (Å²) in [5, 5.41) is 0. The summed E-state index contributed by atoms with van der Waals surface area (Å²) in [6.45, 7) is 2.20. The number of hydrogen-bond acceptors (Lipinski definition) is 5. The number of likely N-dealkylation sites (N-methyl/N-ethyl adjacent to an activating group) is 1. The maximum atomic E-state index is 12.5. The lowest BCUT2D eigenvalue weighted by Gasteiger charge is -2.21. The van der Waals surface area contributed by atoms with Crippen LogP contribution in [-0.2, 0) is 23.8 Å². The molecule has 0 atom stereocenters. The number of hydrogen-bond donors (Lipinski definition) is 0. The van der Waals surface area contributed by atoms with E-state index in [-0.39, 0.29) is 24.6 Å². The molecule has 0 aliphatic rings. The zero-order valence-corrected chi connectivity index (χ0v) is 13.5. The largest absolute Gasteiger partial charge is 0.383 e. The van der Waals surface area contributed by atoms with Gasteiger partial charge in [-0.3, -0.25) is 0 Å². The third kappa shape index (κ3) is 3.92. The maximum absolute atomic E-state index is 12.5. The number of sulfonamides is 1. The fourth-order valence-electron chi connectivity index (χ4n) is 1.65. The van der Waals surface area contributed by atoms with Gasteiger partial charge in [-0.2, -0.15) is 4.31 Å². The monoisotopic (exact) mass is 341 g/mol. The molecule has 9 heteroatoms. The summed E-state index contributed by atoms with van der Waals surface area (Å²) in [6, 6.07) is 5.25. The van der Waals surface area contributed by atoms with Gasteiger partial charge in [0.05, 0.1) is 6.61 Å². The minimum atomic E-state index is -4.14. The van der Waals surface area contributed by atoms with Crippen LogP contribution in [0.1, 0.15) is 6.92 Å². The van der Waals surface area contributed by atoms with Crippen molar-refractivity contribution in [2.75, 3.05) is 26.8 Å². The molecule has 1 aromatic carbocycles. The number of nitrogens with zero attached hydrogens (tertiary/aromatic N) is 1. The summed E-state index contributed by atoms with van der Waals surface area (Å²) in [6.07, 6.45) is 0. The summed E-state index contributed by atoms with van der Waals surface area (Å²) < 4.78 is 53.9. The van der Waals surface area contributed by atoms with Gasteiger partial charge in [0, 0.05) is 30.9 Å². The van der Waals surface area contributed by atoms with Crippen LogP contribution in [0.4, 0.5) is 0 Å². The lowest BCUT2D eigenvalue weighted by atomic mass is 10.4. The Morgan fingerprint density at radius 2 is 1.70 bits per heavy atom. The minimum Gasteiger partial charge on any atom is -0.383 e. The molecule has 0 spiro atoms. The van der Waals surface area contributed by atoms with Crippen molar-refractivity contribution in [1.29, 1.82) is 0 Å². The van der Waals surface area contributed by atoms with Crippen LogP contribution in [0.3, 0.4) is 0 Å². The normalized spacial score (nSPS) is 12.8. The van der Waals surface area contributed by atoms with Crippen LogP contribution in [0.2, 0.25) is 0 Å². The first-order valence-electron chi connectivity index (χ1n) is 5.78. The molecular formula is C11H16ClNO5S2. The Kier molecular flexibility index (Phi) is 5.96. The Balaban J connectivity index is 3.35. The van der Waals surface area contributed by atoms with Crippen LogP contribution in [0, 0.1) is 0 Å². The summed E-state index contributed by atoms with van der Waals surface area (Å²) in [5.74, 6) is 0. The van der Waals surface area contributed by atoms with E-state index in [2.05, 4.69) is 0 Å². The highest BCUT2D eigenvalue weighted by Crippen LogP contribution is 2.26. The van der Waals surface area contributed by atoms with Gasteiger partial charge < -0.3 is 4.74 Å². The predicted molar refractivity (Wildman–Crippen MR) is 75.8 cm³/mol. The van der Waals surface area contributed by atoms with Gasteiger partial charge in [-0.05, 0) is 12.1 Å². The van der Waals surface area contributed by atoms with E-state index in [1.54, 1.807) is 6.92 Å². The third-order valence-electron chi connectivity index (χ3n) is 2.63. The van der Waals surface area contributed by atoms with E-state index >= 15 is 0 Å². The molecule has 0 amide bonds. The average Bonchev–Trinajstić information content (AvgIpc) is 2.38. The Morgan fingerprint density at radius 3 is 2.15 bits per heavy atom. The molecule has 0 unspecified atom stereocenters. The molecule has 0 saturated heterocycles. The molecule has 0 saturated carbocycles. The molecule has 0 aliphatic carbocycles. The summed E-state index contributed by atoms with van der Waals surface area (Å²) >= 11 is 0. The number of rotatable bonds is 7. The summed E-state index contributed by atoms with van der Waals surface area (Å²) in [4.78, 5) is -0.745. The van der Waals surface area contributed by atoms with Crippen molar-refractivity contribution in [2.45, 2.75) is 16.7 Å². The van der Waals surface area contributed by atoms with Crippen LogP contribution in [0.25, 0.3) is 0 Å². The fraction of sp³-hybridized carbons (Fsp3) is 0.455. The highest BCUT2D eigenvalue weighted by atomic mass is 35.7. The topological polar surface area (TPSA) is 80.8 Å². The zero-order chi connectivity index (χ0) is 15.4. The Bertz CT molecular complexity index is 657. The SMILES string of the molecule is CCN(CCOC)S(=O)(=O)c1ccccc1S(=O)(=O)Cl. The summed E-state index contributed by atoms with van der Waals surface area (Å²) in [5.41, 5.74) is 0. The van der Waals surface area contributed by atoms with Gasteiger partial charge in [-0.1, -0.05) is 19.1 Å². The van der Waals surface area contributed by atoms with Crippen molar-refractivity contribution in [3.8, 4) is 0 Å². The predicted octanol–water partition coefficient (Wildman–Crippen LogP) is 1.27. The quantitative estimate of drug-likeness (QED) is 0.698. The molecule has 0 radical (unpaired) electrons. The second kappa shape index (κ2) is 6.86. The Morgan fingerprint density at radius 1 is 1.15 bits per heavy atom. The minimum absolute atomic E-state index is 0.131. The molecule has 0 fully saturated rings. The molecule has 0 heterocycles. The number of methoxy groups -OCH3 is 1. The molecule has 0 aromatic heterocycles. The first kappa shape index (κ1) is 17.4. The molecule has 0 bridgehead atoms. The third-order valence-corrected chi connectivity index (χ3v) is 6.17. The van der Waals surface area contributed by atoms with Gasteiger partial charge in [0.15, 0.2) is 0 Å². The van der Waals surface area contributed by atoms with E-state index in [1.165, 1.54) is 31.4 Å². The fourth-order valence-corrected chi connectivity index (χ4v) is 4.89. The van der Waals surface area contributed by atoms with Gasteiger partial charge in [0.25, 0.3) is 9.05 Å².